The molecule has 2 aromatic rings. The predicted octanol–water partition coefficient (Wildman–Crippen LogP) is 1.60. The maximum absolute atomic E-state index is 9.13. The number of nitrogens with zero attached hydrogens (tertiary/aromatic N) is 2. The van der Waals surface area contributed by atoms with Crippen molar-refractivity contribution >= 4 is 11.3 Å². The molecule has 0 spiro atoms. The van der Waals surface area contributed by atoms with Crippen LogP contribution in [-0.2, 0) is 11.3 Å². The normalized spacial score (nSPS) is 20.8. The SMILES string of the molecule is OCC1CN(Cc2csc(-c3ccco3)n2)CCO1. The van der Waals surface area contributed by atoms with Gasteiger partial charge in [0, 0.05) is 25.0 Å². The molecule has 1 aliphatic rings. The van der Waals surface area contributed by atoms with Crippen LogP contribution in [0.4, 0.5) is 0 Å². The summed E-state index contributed by atoms with van der Waals surface area (Å²) in [6.45, 7) is 3.16. The van der Waals surface area contributed by atoms with E-state index in [-0.39, 0.29) is 12.7 Å². The summed E-state index contributed by atoms with van der Waals surface area (Å²) < 4.78 is 10.8. The number of hydrogen-bond acceptors (Lipinski definition) is 6. The summed E-state index contributed by atoms with van der Waals surface area (Å²) in [5.74, 6) is 0.812. The number of ether oxygens (including phenoxy) is 1. The monoisotopic (exact) mass is 280 g/mol. The van der Waals surface area contributed by atoms with Gasteiger partial charge in [0.15, 0.2) is 10.8 Å². The number of aromatic nitrogens is 1. The molecule has 0 bridgehead atoms. The van der Waals surface area contributed by atoms with Crippen molar-refractivity contribution in [2.45, 2.75) is 12.6 Å². The fraction of sp³-hybridized carbons (Fsp3) is 0.462. The van der Waals surface area contributed by atoms with Crippen LogP contribution in [0.3, 0.4) is 0 Å². The second-order valence-electron chi connectivity index (χ2n) is 4.53. The summed E-state index contributed by atoms with van der Waals surface area (Å²) in [6, 6.07) is 3.78. The standard InChI is InChI=1S/C13H16N2O3S/c16-8-11-7-15(3-5-17-11)6-10-9-19-13(14-10)12-2-1-4-18-12/h1-2,4,9,11,16H,3,5-8H2. The zero-order valence-electron chi connectivity index (χ0n) is 10.5. The van der Waals surface area contributed by atoms with Gasteiger partial charge in [0.05, 0.1) is 31.3 Å². The minimum Gasteiger partial charge on any atom is -0.462 e. The van der Waals surface area contributed by atoms with E-state index in [4.69, 9.17) is 14.3 Å². The van der Waals surface area contributed by atoms with Crippen molar-refractivity contribution in [2.75, 3.05) is 26.3 Å². The molecule has 1 fully saturated rings. The van der Waals surface area contributed by atoms with E-state index < -0.39 is 0 Å². The smallest absolute Gasteiger partial charge is 0.162 e. The maximum Gasteiger partial charge on any atom is 0.162 e. The predicted molar refractivity (Wildman–Crippen MR) is 71.9 cm³/mol. The molecule has 0 radical (unpaired) electrons. The topological polar surface area (TPSA) is 58.7 Å². The molecule has 1 atom stereocenters. The van der Waals surface area contributed by atoms with Gasteiger partial charge in [-0.2, -0.15) is 0 Å². The van der Waals surface area contributed by atoms with Crippen LogP contribution >= 0.6 is 11.3 Å². The Balaban J connectivity index is 1.64. The number of aliphatic hydroxyl groups is 1. The highest BCUT2D eigenvalue weighted by Gasteiger charge is 2.20. The molecule has 3 heterocycles. The molecule has 2 aromatic heterocycles. The number of rotatable bonds is 4. The summed E-state index contributed by atoms with van der Waals surface area (Å²) in [5.41, 5.74) is 1.04. The zero-order chi connectivity index (χ0) is 13.1. The molecule has 3 rings (SSSR count). The molecular formula is C13H16N2O3S. The third kappa shape index (κ3) is 3.03. The van der Waals surface area contributed by atoms with Gasteiger partial charge in [0.2, 0.25) is 0 Å². The average molecular weight is 280 g/mol. The van der Waals surface area contributed by atoms with Crippen LogP contribution in [-0.4, -0.2) is 47.4 Å². The van der Waals surface area contributed by atoms with Crippen molar-refractivity contribution in [3.8, 4) is 10.8 Å². The van der Waals surface area contributed by atoms with Crippen LogP contribution in [0, 0.1) is 0 Å². The number of hydrogen-bond donors (Lipinski definition) is 1. The van der Waals surface area contributed by atoms with Gasteiger partial charge in [-0.15, -0.1) is 11.3 Å². The van der Waals surface area contributed by atoms with E-state index in [2.05, 4.69) is 15.3 Å². The molecule has 0 amide bonds. The molecule has 0 saturated carbocycles. The Morgan fingerprint density at radius 2 is 2.47 bits per heavy atom. The quantitative estimate of drug-likeness (QED) is 0.921. The van der Waals surface area contributed by atoms with E-state index in [1.165, 1.54) is 0 Å². The van der Waals surface area contributed by atoms with Gasteiger partial charge in [-0.3, -0.25) is 4.90 Å². The Bertz CT molecular complexity index is 512. The van der Waals surface area contributed by atoms with Crippen molar-refractivity contribution in [3.05, 3.63) is 29.5 Å². The first-order valence-corrected chi connectivity index (χ1v) is 7.16. The van der Waals surface area contributed by atoms with Gasteiger partial charge in [0.25, 0.3) is 0 Å². The molecule has 102 valence electrons. The van der Waals surface area contributed by atoms with Crippen LogP contribution in [0.1, 0.15) is 5.69 Å². The van der Waals surface area contributed by atoms with E-state index >= 15 is 0 Å². The molecule has 1 aliphatic heterocycles. The summed E-state index contributed by atoms with van der Waals surface area (Å²) in [5, 5.41) is 12.1. The summed E-state index contributed by atoms with van der Waals surface area (Å²) >= 11 is 1.59. The van der Waals surface area contributed by atoms with Gasteiger partial charge >= 0.3 is 0 Å². The van der Waals surface area contributed by atoms with Crippen molar-refractivity contribution in [3.63, 3.8) is 0 Å². The minimum atomic E-state index is -0.0723. The van der Waals surface area contributed by atoms with Crippen molar-refractivity contribution in [1.29, 1.82) is 0 Å². The summed E-state index contributed by atoms with van der Waals surface area (Å²) in [4.78, 5) is 6.83. The lowest BCUT2D eigenvalue weighted by Gasteiger charge is -2.31. The second-order valence-corrected chi connectivity index (χ2v) is 5.39. The fourth-order valence-corrected chi connectivity index (χ4v) is 2.93. The highest BCUT2D eigenvalue weighted by Crippen LogP contribution is 2.24. The molecule has 1 unspecified atom stereocenters. The van der Waals surface area contributed by atoms with E-state index in [1.54, 1.807) is 17.6 Å². The van der Waals surface area contributed by atoms with Crippen molar-refractivity contribution in [1.82, 2.24) is 9.88 Å². The summed E-state index contributed by atoms with van der Waals surface area (Å²) in [7, 11) is 0. The van der Waals surface area contributed by atoms with Crippen molar-refractivity contribution < 1.29 is 14.3 Å². The maximum atomic E-state index is 9.13. The Labute approximate surface area is 115 Å². The first-order chi connectivity index (χ1) is 9.35. The van der Waals surface area contributed by atoms with Crippen molar-refractivity contribution in [2.24, 2.45) is 0 Å². The van der Waals surface area contributed by atoms with Gasteiger partial charge in [-0.05, 0) is 12.1 Å². The number of thiazole rings is 1. The molecule has 19 heavy (non-hydrogen) atoms. The van der Waals surface area contributed by atoms with Gasteiger partial charge in [-0.1, -0.05) is 0 Å². The third-order valence-corrected chi connectivity index (χ3v) is 4.00. The second kappa shape index (κ2) is 5.83. The van der Waals surface area contributed by atoms with Gasteiger partial charge in [-0.25, -0.2) is 4.98 Å². The van der Waals surface area contributed by atoms with Gasteiger partial charge in [0.1, 0.15) is 0 Å². The first-order valence-electron chi connectivity index (χ1n) is 6.28. The largest absolute Gasteiger partial charge is 0.462 e. The minimum absolute atomic E-state index is 0.0723. The van der Waals surface area contributed by atoms with Crippen LogP contribution in [0.2, 0.25) is 0 Å². The van der Waals surface area contributed by atoms with E-state index in [0.717, 1.165) is 36.1 Å². The molecule has 1 N–H and O–H groups in total. The molecule has 5 nitrogen and oxygen atoms in total. The van der Waals surface area contributed by atoms with E-state index in [0.29, 0.717) is 6.61 Å². The Morgan fingerprint density at radius 3 is 3.26 bits per heavy atom. The third-order valence-electron chi connectivity index (χ3n) is 3.10. The Morgan fingerprint density at radius 1 is 1.53 bits per heavy atom. The lowest BCUT2D eigenvalue weighted by atomic mass is 10.2. The lowest BCUT2D eigenvalue weighted by molar-refractivity contribution is -0.0553. The molecule has 6 heteroatoms. The summed E-state index contributed by atoms with van der Waals surface area (Å²) in [6.07, 6.45) is 1.58. The first kappa shape index (κ1) is 12.8. The van der Waals surface area contributed by atoms with Crippen LogP contribution in [0.25, 0.3) is 10.8 Å². The highest BCUT2D eigenvalue weighted by molar-refractivity contribution is 7.13. The molecular weight excluding hydrogens is 264 g/mol. The zero-order valence-corrected chi connectivity index (χ0v) is 11.3. The van der Waals surface area contributed by atoms with E-state index in [9.17, 15) is 0 Å². The molecule has 0 aromatic carbocycles. The average Bonchev–Trinajstić information content (AvgIpc) is 3.09. The van der Waals surface area contributed by atoms with E-state index in [1.807, 2.05) is 12.1 Å². The van der Waals surface area contributed by atoms with Crippen LogP contribution in [0.15, 0.2) is 28.2 Å². The molecule has 0 aliphatic carbocycles. The lowest BCUT2D eigenvalue weighted by Crippen LogP contribution is -2.43. The van der Waals surface area contributed by atoms with Crippen LogP contribution in [0.5, 0.6) is 0 Å². The molecule has 1 saturated heterocycles. The Kier molecular flexibility index (Phi) is 3.93. The van der Waals surface area contributed by atoms with Crippen LogP contribution < -0.4 is 0 Å². The number of furan rings is 1. The fourth-order valence-electron chi connectivity index (χ4n) is 2.16. The Hall–Kier alpha value is -1.21. The number of aliphatic hydroxyl groups excluding tert-OH is 1. The highest BCUT2D eigenvalue weighted by atomic mass is 32.1. The number of morpholine rings is 1. The van der Waals surface area contributed by atoms with Gasteiger partial charge < -0.3 is 14.3 Å².